The zero-order valence-corrected chi connectivity index (χ0v) is 30.3. The predicted octanol–water partition coefficient (Wildman–Crippen LogP) is 13.6. The summed E-state index contributed by atoms with van der Waals surface area (Å²) in [5.74, 6) is 0. The third-order valence-electron chi connectivity index (χ3n) is 12.0. The van der Waals surface area contributed by atoms with Crippen LogP contribution in [0.25, 0.3) is 77.2 Å². The van der Waals surface area contributed by atoms with Crippen LogP contribution in [-0.2, 0) is 10.8 Å². The van der Waals surface area contributed by atoms with Crippen LogP contribution in [-0.4, -0.2) is 9.13 Å². The minimum Gasteiger partial charge on any atom is -0.309 e. The number of para-hydroxylation sites is 2. The summed E-state index contributed by atoms with van der Waals surface area (Å²) in [5, 5.41) is 5.28. The van der Waals surface area contributed by atoms with Gasteiger partial charge >= 0.3 is 0 Å². The van der Waals surface area contributed by atoms with E-state index in [1.165, 1.54) is 101 Å². The standard InChI is InChI=1S/C50H42N2/c1-49(2)28-29-50(3,4)42-32-46-40(31-41(42)49)48-45(27-26-44-47(48)39-20-11-12-21-43(39)51(44)37-18-9-6-10-19-37)52(46)38-24-22-34(23-25-38)36-17-13-16-35(30-36)33-14-7-5-8-15-33/h5-27,30-32H,28-29H2,1-4H3. The normalized spacial score (nSPS) is 15.1. The molecule has 2 nitrogen and oxygen atoms in total. The molecule has 0 aliphatic heterocycles. The Morgan fingerprint density at radius 1 is 0.365 bits per heavy atom. The van der Waals surface area contributed by atoms with Gasteiger partial charge in [-0.2, -0.15) is 0 Å². The lowest BCUT2D eigenvalue weighted by atomic mass is 9.63. The Bertz CT molecular complexity index is 2810. The van der Waals surface area contributed by atoms with Gasteiger partial charge in [-0.1, -0.05) is 125 Å². The van der Waals surface area contributed by atoms with Crippen molar-refractivity contribution in [3.63, 3.8) is 0 Å². The summed E-state index contributed by atoms with van der Waals surface area (Å²) in [6.07, 6.45) is 2.37. The highest BCUT2D eigenvalue weighted by molar-refractivity contribution is 6.29. The van der Waals surface area contributed by atoms with Gasteiger partial charge in [0, 0.05) is 32.9 Å². The number of nitrogens with zero attached hydrogens (tertiary/aromatic N) is 2. The van der Waals surface area contributed by atoms with E-state index in [0.29, 0.717) is 0 Å². The van der Waals surface area contributed by atoms with Crippen molar-refractivity contribution < 1.29 is 0 Å². The van der Waals surface area contributed by atoms with Crippen LogP contribution < -0.4 is 0 Å². The average Bonchev–Trinajstić information content (AvgIpc) is 3.69. The summed E-state index contributed by atoms with van der Waals surface area (Å²) in [6.45, 7) is 9.75. The van der Waals surface area contributed by atoms with E-state index in [1.807, 2.05) is 0 Å². The molecule has 0 saturated carbocycles. The van der Waals surface area contributed by atoms with Gasteiger partial charge in [0.2, 0.25) is 0 Å². The van der Waals surface area contributed by atoms with Crippen molar-refractivity contribution in [1.29, 1.82) is 0 Å². The Morgan fingerprint density at radius 3 is 1.54 bits per heavy atom. The average molecular weight is 671 g/mol. The number of rotatable bonds is 4. The second kappa shape index (κ2) is 11.3. The predicted molar refractivity (Wildman–Crippen MR) is 221 cm³/mol. The third-order valence-corrected chi connectivity index (χ3v) is 12.0. The van der Waals surface area contributed by atoms with Crippen molar-refractivity contribution in [3.05, 3.63) is 169 Å². The molecule has 10 rings (SSSR count). The first kappa shape index (κ1) is 30.9. The lowest BCUT2D eigenvalue weighted by molar-refractivity contribution is 0.332. The minimum absolute atomic E-state index is 0.104. The summed E-state index contributed by atoms with van der Waals surface area (Å²) in [5.41, 5.74) is 15.5. The van der Waals surface area contributed by atoms with E-state index in [9.17, 15) is 0 Å². The summed E-state index contributed by atoms with van der Waals surface area (Å²) in [4.78, 5) is 0. The fourth-order valence-electron chi connectivity index (χ4n) is 9.07. The fraction of sp³-hybridized carbons (Fsp3) is 0.160. The van der Waals surface area contributed by atoms with Crippen LogP contribution in [0.1, 0.15) is 51.7 Å². The molecule has 0 N–H and O–H groups in total. The Labute approximate surface area is 305 Å². The molecular formula is C50H42N2. The molecule has 0 saturated heterocycles. The Kier molecular flexibility index (Phi) is 6.73. The van der Waals surface area contributed by atoms with E-state index in [1.54, 1.807) is 0 Å². The smallest absolute Gasteiger partial charge is 0.0548 e. The zero-order valence-electron chi connectivity index (χ0n) is 30.3. The minimum atomic E-state index is 0.104. The van der Waals surface area contributed by atoms with Gasteiger partial charge in [0.05, 0.1) is 22.1 Å². The second-order valence-corrected chi connectivity index (χ2v) is 16.1. The summed E-state index contributed by atoms with van der Waals surface area (Å²) < 4.78 is 4.97. The first-order chi connectivity index (χ1) is 25.3. The summed E-state index contributed by atoms with van der Waals surface area (Å²) in [7, 11) is 0. The van der Waals surface area contributed by atoms with Gasteiger partial charge in [0.1, 0.15) is 0 Å². The van der Waals surface area contributed by atoms with E-state index >= 15 is 0 Å². The van der Waals surface area contributed by atoms with E-state index < -0.39 is 0 Å². The van der Waals surface area contributed by atoms with Crippen LogP contribution in [0.4, 0.5) is 0 Å². The number of benzene rings is 7. The van der Waals surface area contributed by atoms with Gasteiger partial charge in [-0.3, -0.25) is 0 Å². The van der Waals surface area contributed by atoms with Crippen molar-refractivity contribution in [3.8, 4) is 33.6 Å². The molecule has 0 fully saturated rings. The van der Waals surface area contributed by atoms with Crippen molar-refractivity contribution in [2.75, 3.05) is 0 Å². The lowest BCUT2D eigenvalue weighted by Crippen LogP contribution is -2.33. The summed E-state index contributed by atoms with van der Waals surface area (Å²) >= 11 is 0. The lowest BCUT2D eigenvalue weighted by Gasteiger charge is -2.42. The topological polar surface area (TPSA) is 9.86 Å². The van der Waals surface area contributed by atoms with Crippen LogP contribution in [0, 0.1) is 0 Å². The molecule has 7 aromatic carbocycles. The number of hydrogen-bond donors (Lipinski definition) is 0. The molecule has 0 radical (unpaired) electrons. The molecule has 52 heavy (non-hydrogen) atoms. The van der Waals surface area contributed by atoms with Gasteiger partial charge in [-0.15, -0.1) is 0 Å². The first-order valence-corrected chi connectivity index (χ1v) is 18.7. The second-order valence-electron chi connectivity index (χ2n) is 16.1. The van der Waals surface area contributed by atoms with E-state index in [0.717, 1.165) is 0 Å². The maximum Gasteiger partial charge on any atom is 0.0548 e. The van der Waals surface area contributed by atoms with Gasteiger partial charge in [-0.05, 0) is 118 Å². The van der Waals surface area contributed by atoms with Gasteiger partial charge in [0.15, 0.2) is 0 Å². The Morgan fingerprint density at radius 2 is 0.865 bits per heavy atom. The molecule has 0 spiro atoms. The molecule has 2 heterocycles. The third kappa shape index (κ3) is 4.63. The quantitative estimate of drug-likeness (QED) is 0.176. The maximum atomic E-state index is 2.57. The van der Waals surface area contributed by atoms with Gasteiger partial charge < -0.3 is 9.13 Å². The fourth-order valence-corrected chi connectivity index (χ4v) is 9.07. The van der Waals surface area contributed by atoms with Crippen LogP contribution in [0.3, 0.4) is 0 Å². The van der Waals surface area contributed by atoms with Crippen LogP contribution >= 0.6 is 0 Å². The monoisotopic (exact) mass is 670 g/mol. The molecule has 0 unspecified atom stereocenters. The molecular weight excluding hydrogens is 629 g/mol. The number of fused-ring (bicyclic) bond motifs is 8. The molecule has 0 atom stereocenters. The molecule has 0 amide bonds. The Hall–Kier alpha value is -5.86. The Balaban J connectivity index is 1.26. The van der Waals surface area contributed by atoms with Crippen molar-refractivity contribution in [2.24, 2.45) is 0 Å². The van der Waals surface area contributed by atoms with Gasteiger partial charge in [0.25, 0.3) is 0 Å². The molecule has 252 valence electrons. The van der Waals surface area contributed by atoms with E-state index in [2.05, 4.69) is 195 Å². The van der Waals surface area contributed by atoms with Crippen LogP contribution in [0.2, 0.25) is 0 Å². The molecule has 0 bridgehead atoms. The zero-order chi connectivity index (χ0) is 35.2. The van der Waals surface area contributed by atoms with E-state index in [4.69, 9.17) is 0 Å². The molecule has 9 aromatic rings. The van der Waals surface area contributed by atoms with Crippen molar-refractivity contribution in [1.82, 2.24) is 9.13 Å². The number of aromatic nitrogens is 2. The van der Waals surface area contributed by atoms with Crippen LogP contribution in [0.5, 0.6) is 0 Å². The SMILES string of the molecule is CC1(C)CCC(C)(C)c2cc3c(cc21)c1c2c4ccccc4n(-c4ccccc4)c2ccc1n3-c1ccc(-c2cccc(-c3ccccc3)c2)cc1. The van der Waals surface area contributed by atoms with Crippen molar-refractivity contribution >= 4 is 43.6 Å². The van der Waals surface area contributed by atoms with Crippen molar-refractivity contribution in [2.45, 2.75) is 51.4 Å². The molecule has 1 aliphatic carbocycles. The van der Waals surface area contributed by atoms with Crippen LogP contribution in [0.15, 0.2) is 158 Å². The highest BCUT2D eigenvalue weighted by atomic mass is 15.0. The number of hydrogen-bond acceptors (Lipinski definition) is 0. The summed E-state index contributed by atoms with van der Waals surface area (Å²) in [6, 6.07) is 58.3. The first-order valence-electron chi connectivity index (χ1n) is 18.7. The molecule has 1 aliphatic rings. The van der Waals surface area contributed by atoms with Gasteiger partial charge in [-0.25, -0.2) is 0 Å². The highest BCUT2D eigenvalue weighted by Gasteiger charge is 2.38. The molecule has 2 aromatic heterocycles. The largest absolute Gasteiger partial charge is 0.309 e. The van der Waals surface area contributed by atoms with E-state index in [-0.39, 0.29) is 10.8 Å². The maximum absolute atomic E-state index is 2.57. The highest BCUT2D eigenvalue weighted by Crippen LogP contribution is 2.50. The molecule has 2 heteroatoms.